The van der Waals surface area contributed by atoms with Crippen LogP contribution in [0.5, 0.6) is 0 Å². The van der Waals surface area contributed by atoms with Gasteiger partial charge in [0.05, 0.1) is 6.61 Å². The van der Waals surface area contributed by atoms with Gasteiger partial charge in [0.15, 0.2) is 0 Å². The lowest BCUT2D eigenvalue weighted by molar-refractivity contribution is 0.0223. The molecular formula is C19H30N2O3. The van der Waals surface area contributed by atoms with Crippen molar-refractivity contribution in [2.24, 2.45) is 0 Å². The highest BCUT2D eigenvalue weighted by atomic mass is 16.6. The lowest BCUT2D eigenvalue weighted by Crippen LogP contribution is -2.47. The summed E-state index contributed by atoms with van der Waals surface area (Å²) in [5.41, 5.74) is 0.720. The minimum atomic E-state index is -0.474. The summed E-state index contributed by atoms with van der Waals surface area (Å²) < 4.78 is 5.49. The molecule has 24 heavy (non-hydrogen) atoms. The van der Waals surface area contributed by atoms with Gasteiger partial charge in [-0.3, -0.25) is 0 Å². The SMILES string of the molecule is CC(C)(C)OC(=O)N1CCCC1CNC(CO)Cc1ccccc1. The molecule has 1 saturated heterocycles. The molecule has 0 bridgehead atoms. The van der Waals surface area contributed by atoms with Gasteiger partial charge in [-0.15, -0.1) is 0 Å². The van der Waals surface area contributed by atoms with Gasteiger partial charge in [-0.25, -0.2) is 4.79 Å². The Bertz CT molecular complexity index is 513. The zero-order chi connectivity index (χ0) is 17.6. The Hall–Kier alpha value is -1.59. The van der Waals surface area contributed by atoms with E-state index < -0.39 is 5.60 Å². The van der Waals surface area contributed by atoms with Crippen LogP contribution in [0.4, 0.5) is 4.79 Å². The van der Waals surface area contributed by atoms with Crippen molar-refractivity contribution in [2.45, 2.75) is 57.7 Å². The van der Waals surface area contributed by atoms with Crippen LogP contribution in [0.25, 0.3) is 0 Å². The lowest BCUT2D eigenvalue weighted by Gasteiger charge is -2.29. The zero-order valence-corrected chi connectivity index (χ0v) is 15.0. The number of carbonyl (C=O) groups is 1. The van der Waals surface area contributed by atoms with Crippen molar-refractivity contribution >= 4 is 6.09 Å². The molecule has 1 amide bonds. The third kappa shape index (κ3) is 5.80. The Morgan fingerprint density at radius 2 is 2.08 bits per heavy atom. The van der Waals surface area contributed by atoms with Crippen LogP contribution in [-0.4, -0.2) is 53.5 Å². The summed E-state index contributed by atoms with van der Waals surface area (Å²) in [5.74, 6) is 0. The first kappa shape index (κ1) is 18.7. The fourth-order valence-electron chi connectivity index (χ4n) is 3.01. The number of hydrogen-bond acceptors (Lipinski definition) is 4. The number of carbonyl (C=O) groups excluding carboxylic acids is 1. The molecule has 2 rings (SSSR count). The van der Waals surface area contributed by atoms with E-state index in [2.05, 4.69) is 17.4 Å². The van der Waals surface area contributed by atoms with Crippen molar-refractivity contribution < 1.29 is 14.6 Å². The van der Waals surface area contributed by atoms with E-state index in [9.17, 15) is 9.90 Å². The van der Waals surface area contributed by atoms with E-state index in [0.29, 0.717) is 6.54 Å². The second-order valence-electron chi connectivity index (χ2n) is 7.45. The number of amides is 1. The fourth-order valence-corrected chi connectivity index (χ4v) is 3.01. The lowest BCUT2D eigenvalue weighted by atomic mass is 10.1. The first-order chi connectivity index (χ1) is 11.4. The average Bonchev–Trinajstić information content (AvgIpc) is 2.99. The van der Waals surface area contributed by atoms with Crippen LogP contribution in [0.1, 0.15) is 39.2 Å². The minimum absolute atomic E-state index is 0.00603. The zero-order valence-electron chi connectivity index (χ0n) is 15.0. The molecule has 0 spiro atoms. The molecule has 2 atom stereocenters. The molecule has 1 aromatic rings. The van der Waals surface area contributed by atoms with Crippen molar-refractivity contribution in [3.63, 3.8) is 0 Å². The minimum Gasteiger partial charge on any atom is -0.444 e. The molecular weight excluding hydrogens is 304 g/mol. The Morgan fingerprint density at radius 1 is 1.38 bits per heavy atom. The molecule has 0 radical (unpaired) electrons. The maximum Gasteiger partial charge on any atom is 0.410 e. The number of nitrogens with zero attached hydrogens (tertiary/aromatic N) is 1. The fraction of sp³-hybridized carbons (Fsp3) is 0.632. The van der Waals surface area contributed by atoms with Crippen LogP contribution in [0, 0.1) is 0 Å². The maximum atomic E-state index is 12.3. The second-order valence-corrected chi connectivity index (χ2v) is 7.45. The first-order valence-electron chi connectivity index (χ1n) is 8.77. The van der Waals surface area contributed by atoms with Gasteiger partial charge in [0.2, 0.25) is 0 Å². The van der Waals surface area contributed by atoms with E-state index in [0.717, 1.165) is 25.8 Å². The summed E-state index contributed by atoms with van der Waals surface area (Å²) in [5, 5.41) is 13.0. The molecule has 0 aromatic heterocycles. The van der Waals surface area contributed by atoms with E-state index in [1.807, 2.05) is 43.9 Å². The van der Waals surface area contributed by atoms with Crippen LogP contribution in [0.2, 0.25) is 0 Å². The van der Waals surface area contributed by atoms with Gasteiger partial charge in [0.25, 0.3) is 0 Å². The van der Waals surface area contributed by atoms with E-state index in [-0.39, 0.29) is 24.8 Å². The van der Waals surface area contributed by atoms with Crippen molar-refractivity contribution in [2.75, 3.05) is 19.7 Å². The van der Waals surface area contributed by atoms with Crippen molar-refractivity contribution in [3.05, 3.63) is 35.9 Å². The molecule has 2 unspecified atom stereocenters. The molecule has 1 aliphatic rings. The second kappa shape index (κ2) is 8.49. The van der Waals surface area contributed by atoms with Crippen molar-refractivity contribution in [1.29, 1.82) is 0 Å². The smallest absolute Gasteiger partial charge is 0.410 e. The molecule has 134 valence electrons. The largest absolute Gasteiger partial charge is 0.444 e. The molecule has 5 nitrogen and oxygen atoms in total. The van der Waals surface area contributed by atoms with Gasteiger partial charge < -0.3 is 20.1 Å². The number of ether oxygens (including phenoxy) is 1. The Balaban J connectivity index is 1.86. The highest BCUT2D eigenvalue weighted by Gasteiger charge is 2.32. The summed E-state index contributed by atoms with van der Waals surface area (Å²) in [6.07, 6.45) is 2.50. The molecule has 1 aromatic carbocycles. The van der Waals surface area contributed by atoms with Crippen LogP contribution in [-0.2, 0) is 11.2 Å². The quantitative estimate of drug-likeness (QED) is 0.839. The highest BCUT2D eigenvalue weighted by Crippen LogP contribution is 2.20. The molecule has 1 fully saturated rings. The summed E-state index contributed by atoms with van der Waals surface area (Å²) >= 11 is 0. The highest BCUT2D eigenvalue weighted by molar-refractivity contribution is 5.69. The molecule has 0 saturated carbocycles. The number of benzene rings is 1. The van der Waals surface area contributed by atoms with Crippen LogP contribution < -0.4 is 5.32 Å². The van der Waals surface area contributed by atoms with E-state index in [1.54, 1.807) is 0 Å². The van der Waals surface area contributed by atoms with Gasteiger partial charge >= 0.3 is 6.09 Å². The number of hydrogen-bond donors (Lipinski definition) is 2. The Labute approximate surface area is 145 Å². The summed E-state index contributed by atoms with van der Waals surface area (Å²) in [7, 11) is 0. The Morgan fingerprint density at radius 3 is 2.71 bits per heavy atom. The van der Waals surface area contributed by atoms with Crippen LogP contribution in [0.15, 0.2) is 30.3 Å². The van der Waals surface area contributed by atoms with Gasteiger partial charge in [-0.1, -0.05) is 30.3 Å². The number of rotatable bonds is 6. The van der Waals surface area contributed by atoms with Crippen LogP contribution >= 0.6 is 0 Å². The summed E-state index contributed by atoms with van der Waals surface area (Å²) in [6.45, 7) is 7.15. The molecule has 1 heterocycles. The predicted molar refractivity (Wildman–Crippen MR) is 95.0 cm³/mol. The monoisotopic (exact) mass is 334 g/mol. The third-order valence-corrected chi connectivity index (χ3v) is 4.19. The van der Waals surface area contributed by atoms with E-state index in [1.165, 1.54) is 5.56 Å². The van der Waals surface area contributed by atoms with Gasteiger partial charge in [0.1, 0.15) is 5.60 Å². The standard InChI is InChI=1S/C19H30N2O3/c1-19(2,3)24-18(23)21-11-7-10-17(21)13-20-16(14-22)12-15-8-5-4-6-9-15/h4-6,8-9,16-17,20,22H,7,10-14H2,1-3H3. The third-order valence-electron chi connectivity index (χ3n) is 4.19. The molecule has 5 heteroatoms. The predicted octanol–water partition coefficient (Wildman–Crippen LogP) is 2.58. The Kier molecular flexibility index (Phi) is 6.63. The number of nitrogens with one attached hydrogen (secondary N) is 1. The topological polar surface area (TPSA) is 61.8 Å². The molecule has 2 N–H and O–H groups in total. The van der Waals surface area contributed by atoms with Gasteiger partial charge in [-0.2, -0.15) is 0 Å². The van der Waals surface area contributed by atoms with Crippen molar-refractivity contribution in [1.82, 2.24) is 10.2 Å². The number of likely N-dealkylation sites (tertiary alicyclic amines) is 1. The summed E-state index contributed by atoms with van der Waals surface area (Å²) in [6, 6.07) is 10.2. The number of aliphatic hydroxyl groups excluding tert-OH is 1. The molecule has 1 aliphatic heterocycles. The normalized spacial score (nSPS) is 19.3. The summed E-state index contributed by atoms with van der Waals surface area (Å²) in [4.78, 5) is 14.1. The molecule has 0 aliphatic carbocycles. The van der Waals surface area contributed by atoms with Gasteiger partial charge in [-0.05, 0) is 45.6 Å². The van der Waals surface area contributed by atoms with Crippen LogP contribution in [0.3, 0.4) is 0 Å². The van der Waals surface area contributed by atoms with E-state index in [4.69, 9.17) is 4.74 Å². The first-order valence-corrected chi connectivity index (χ1v) is 8.77. The van der Waals surface area contributed by atoms with Gasteiger partial charge in [0, 0.05) is 25.2 Å². The maximum absolute atomic E-state index is 12.3. The van der Waals surface area contributed by atoms with Crippen molar-refractivity contribution in [3.8, 4) is 0 Å². The number of aliphatic hydroxyl groups is 1. The average molecular weight is 334 g/mol. The van der Waals surface area contributed by atoms with E-state index >= 15 is 0 Å².